The Morgan fingerprint density at radius 3 is 2.88 bits per heavy atom. The average molecular weight is 334 g/mol. The van der Waals surface area contributed by atoms with Crippen molar-refractivity contribution >= 4 is 17.4 Å². The maximum absolute atomic E-state index is 12.4. The van der Waals surface area contributed by atoms with Gasteiger partial charge in [0.2, 0.25) is 0 Å². The van der Waals surface area contributed by atoms with Crippen LogP contribution in [-0.4, -0.2) is 31.7 Å². The molecule has 1 aromatic carbocycles. The van der Waals surface area contributed by atoms with Gasteiger partial charge in [-0.2, -0.15) is 5.10 Å². The van der Waals surface area contributed by atoms with E-state index in [2.05, 4.69) is 25.7 Å². The van der Waals surface area contributed by atoms with Crippen LogP contribution in [-0.2, 0) is 6.54 Å². The van der Waals surface area contributed by atoms with E-state index in [1.54, 1.807) is 23.3 Å². The first-order chi connectivity index (χ1) is 12.3. The number of rotatable bonds is 6. The minimum atomic E-state index is -0.177. The Morgan fingerprint density at radius 1 is 1.24 bits per heavy atom. The Bertz CT molecular complexity index is 856. The largest absolute Gasteiger partial charge is 0.367 e. The summed E-state index contributed by atoms with van der Waals surface area (Å²) in [4.78, 5) is 20.6. The number of nitrogens with zero attached hydrogens (tertiary/aromatic N) is 4. The van der Waals surface area contributed by atoms with Crippen molar-refractivity contribution in [2.24, 2.45) is 0 Å². The lowest BCUT2D eigenvalue weighted by Gasteiger charge is -2.08. The molecule has 7 heteroatoms. The molecule has 0 radical (unpaired) electrons. The monoisotopic (exact) mass is 334 g/mol. The van der Waals surface area contributed by atoms with Gasteiger partial charge in [0.05, 0.1) is 12.1 Å². The van der Waals surface area contributed by atoms with E-state index in [0.29, 0.717) is 18.2 Å². The van der Waals surface area contributed by atoms with E-state index in [1.807, 2.05) is 30.3 Å². The molecule has 2 heterocycles. The summed E-state index contributed by atoms with van der Waals surface area (Å²) in [5.41, 5.74) is 2.30. The first kappa shape index (κ1) is 15.3. The second-order valence-electron chi connectivity index (χ2n) is 6.10. The molecule has 1 aliphatic carbocycles. The molecule has 2 aromatic heterocycles. The maximum Gasteiger partial charge on any atom is 0.257 e. The zero-order chi connectivity index (χ0) is 17.1. The molecular weight excluding hydrogens is 316 g/mol. The molecular formula is C18H18N6O. The topological polar surface area (TPSA) is 84.7 Å². The van der Waals surface area contributed by atoms with Crippen LogP contribution >= 0.6 is 0 Å². The van der Waals surface area contributed by atoms with Gasteiger partial charge in [0.25, 0.3) is 5.91 Å². The summed E-state index contributed by atoms with van der Waals surface area (Å²) in [5, 5.41) is 10.3. The van der Waals surface area contributed by atoms with Gasteiger partial charge in [-0.05, 0) is 42.7 Å². The molecule has 1 aliphatic rings. The highest BCUT2D eigenvalue weighted by molar-refractivity contribution is 6.04. The van der Waals surface area contributed by atoms with E-state index >= 15 is 0 Å². The van der Waals surface area contributed by atoms with Gasteiger partial charge in [-0.25, -0.2) is 14.6 Å². The van der Waals surface area contributed by atoms with Crippen LogP contribution < -0.4 is 10.6 Å². The summed E-state index contributed by atoms with van der Waals surface area (Å²) in [6, 6.07) is 11.8. The normalized spacial score (nSPS) is 13.4. The van der Waals surface area contributed by atoms with Gasteiger partial charge in [-0.1, -0.05) is 12.1 Å². The summed E-state index contributed by atoms with van der Waals surface area (Å²) in [5.74, 6) is 0.636. The van der Waals surface area contributed by atoms with Crippen LogP contribution in [0, 0.1) is 0 Å². The van der Waals surface area contributed by atoms with E-state index in [4.69, 9.17) is 0 Å². The highest BCUT2D eigenvalue weighted by Gasteiger charge is 2.21. The van der Waals surface area contributed by atoms with Gasteiger partial charge in [0.1, 0.15) is 18.5 Å². The highest BCUT2D eigenvalue weighted by Crippen LogP contribution is 2.23. The van der Waals surface area contributed by atoms with Crippen LogP contribution in [0.4, 0.5) is 11.5 Å². The van der Waals surface area contributed by atoms with E-state index in [1.165, 1.54) is 19.2 Å². The number of anilines is 2. The molecule has 126 valence electrons. The smallest absolute Gasteiger partial charge is 0.257 e. The van der Waals surface area contributed by atoms with Crippen molar-refractivity contribution in [3.8, 4) is 0 Å². The first-order valence-corrected chi connectivity index (χ1v) is 8.21. The fourth-order valence-electron chi connectivity index (χ4n) is 2.50. The number of pyridine rings is 1. The van der Waals surface area contributed by atoms with E-state index < -0.39 is 0 Å². The van der Waals surface area contributed by atoms with Crippen LogP contribution in [0.3, 0.4) is 0 Å². The van der Waals surface area contributed by atoms with Crippen LogP contribution in [0.1, 0.15) is 28.8 Å². The van der Waals surface area contributed by atoms with Gasteiger partial charge in [-0.15, -0.1) is 0 Å². The third kappa shape index (κ3) is 4.00. The summed E-state index contributed by atoms with van der Waals surface area (Å²) in [6.07, 6.45) is 7.14. The lowest BCUT2D eigenvalue weighted by atomic mass is 10.2. The molecule has 7 nitrogen and oxygen atoms in total. The number of aromatic nitrogens is 4. The van der Waals surface area contributed by atoms with Gasteiger partial charge < -0.3 is 10.6 Å². The number of hydrogen-bond donors (Lipinski definition) is 2. The average Bonchev–Trinajstić information content (AvgIpc) is 3.29. The molecule has 0 saturated heterocycles. The minimum Gasteiger partial charge on any atom is -0.367 e. The first-order valence-electron chi connectivity index (χ1n) is 8.21. The zero-order valence-electron chi connectivity index (χ0n) is 13.6. The molecule has 25 heavy (non-hydrogen) atoms. The SMILES string of the molecule is O=C(Nc1cccc(Cn2cncn2)c1)c1ccc(NC2CC2)nc1. The van der Waals surface area contributed by atoms with E-state index in [-0.39, 0.29) is 5.91 Å². The van der Waals surface area contributed by atoms with Crippen molar-refractivity contribution in [2.75, 3.05) is 10.6 Å². The molecule has 2 N–H and O–H groups in total. The number of amides is 1. The summed E-state index contributed by atoms with van der Waals surface area (Å²) >= 11 is 0. The molecule has 0 spiro atoms. The lowest BCUT2D eigenvalue weighted by Crippen LogP contribution is -2.13. The number of carbonyl (C=O) groups is 1. The fraction of sp³-hybridized carbons (Fsp3) is 0.222. The van der Waals surface area contributed by atoms with Crippen molar-refractivity contribution in [3.05, 3.63) is 66.4 Å². The fourth-order valence-corrected chi connectivity index (χ4v) is 2.50. The predicted molar refractivity (Wildman–Crippen MR) is 94.4 cm³/mol. The standard InChI is InChI=1S/C18H18N6O/c25-18(14-4-7-17(20-9-14)22-15-5-6-15)23-16-3-1-2-13(8-16)10-24-12-19-11-21-24/h1-4,7-9,11-12,15H,5-6,10H2,(H,20,22)(H,23,25). The van der Waals surface area contributed by atoms with Gasteiger partial charge >= 0.3 is 0 Å². The molecule has 3 aromatic rings. The molecule has 0 bridgehead atoms. The highest BCUT2D eigenvalue weighted by atomic mass is 16.1. The Morgan fingerprint density at radius 2 is 2.16 bits per heavy atom. The summed E-state index contributed by atoms with van der Waals surface area (Å²) < 4.78 is 1.73. The van der Waals surface area contributed by atoms with Crippen molar-refractivity contribution in [1.29, 1.82) is 0 Å². The summed E-state index contributed by atoms with van der Waals surface area (Å²) in [7, 11) is 0. The molecule has 0 unspecified atom stereocenters. The molecule has 0 atom stereocenters. The van der Waals surface area contributed by atoms with Crippen LogP contribution in [0.5, 0.6) is 0 Å². The van der Waals surface area contributed by atoms with Crippen LogP contribution in [0.15, 0.2) is 55.2 Å². The second kappa shape index (κ2) is 6.72. The molecule has 1 amide bonds. The third-order valence-corrected chi connectivity index (χ3v) is 3.95. The molecule has 1 fully saturated rings. The van der Waals surface area contributed by atoms with Crippen molar-refractivity contribution < 1.29 is 4.79 Å². The van der Waals surface area contributed by atoms with Crippen molar-refractivity contribution in [1.82, 2.24) is 19.7 Å². The Hall–Kier alpha value is -3.22. The van der Waals surface area contributed by atoms with Gasteiger partial charge in [0, 0.05) is 17.9 Å². The van der Waals surface area contributed by atoms with Crippen molar-refractivity contribution in [2.45, 2.75) is 25.4 Å². The van der Waals surface area contributed by atoms with E-state index in [9.17, 15) is 4.79 Å². The lowest BCUT2D eigenvalue weighted by molar-refractivity contribution is 0.102. The zero-order valence-corrected chi connectivity index (χ0v) is 13.6. The number of hydrogen-bond acceptors (Lipinski definition) is 5. The number of benzene rings is 1. The Labute approximate surface area is 145 Å². The molecule has 4 rings (SSSR count). The molecule has 1 saturated carbocycles. The van der Waals surface area contributed by atoms with Gasteiger partial charge in [-0.3, -0.25) is 4.79 Å². The Kier molecular flexibility index (Phi) is 4.12. The predicted octanol–water partition coefficient (Wildman–Crippen LogP) is 2.55. The minimum absolute atomic E-state index is 0.177. The third-order valence-electron chi connectivity index (χ3n) is 3.95. The second-order valence-corrected chi connectivity index (χ2v) is 6.10. The van der Waals surface area contributed by atoms with Crippen LogP contribution in [0.25, 0.3) is 0 Å². The van der Waals surface area contributed by atoms with E-state index in [0.717, 1.165) is 17.1 Å². The molecule has 0 aliphatic heterocycles. The maximum atomic E-state index is 12.4. The Balaban J connectivity index is 1.41. The summed E-state index contributed by atoms with van der Waals surface area (Å²) in [6.45, 7) is 0.604. The number of carbonyl (C=O) groups excluding carboxylic acids is 1. The van der Waals surface area contributed by atoms with Crippen LogP contribution in [0.2, 0.25) is 0 Å². The van der Waals surface area contributed by atoms with Gasteiger partial charge in [0.15, 0.2) is 0 Å². The van der Waals surface area contributed by atoms with Crippen molar-refractivity contribution in [3.63, 3.8) is 0 Å². The quantitative estimate of drug-likeness (QED) is 0.724. The number of nitrogens with one attached hydrogen (secondary N) is 2.